The molecule has 3 heteroatoms. The van der Waals surface area contributed by atoms with Crippen LogP contribution in [0.3, 0.4) is 0 Å². The molecule has 1 rings (SSSR count). The van der Waals surface area contributed by atoms with Crippen molar-refractivity contribution in [3.8, 4) is 0 Å². The first-order chi connectivity index (χ1) is 7.19. The number of alkyl halides is 1. The van der Waals surface area contributed by atoms with Gasteiger partial charge in [0.1, 0.15) is 0 Å². The molecule has 1 aromatic carbocycles. The molecule has 0 aliphatic heterocycles. The van der Waals surface area contributed by atoms with Crippen LogP contribution >= 0.6 is 31.9 Å². The highest BCUT2D eigenvalue weighted by molar-refractivity contribution is 9.10. The molecule has 0 spiro atoms. The van der Waals surface area contributed by atoms with Gasteiger partial charge in [-0.3, -0.25) is 0 Å². The molecule has 0 unspecified atom stereocenters. The first kappa shape index (κ1) is 13.0. The second kappa shape index (κ2) is 6.54. The summed E-state index contributed by atoms with van der Waals surface area (Å²) in [6.45, 7) is 3.35. The van der Waals surface area contributed by atoms with E-state index in [4.69, 9.17) is 0 Å². The van der Waals surface area contributed by atoms with Crippen LogP contribution in [0.5, 0.6) is 0 Å². The standard InChI is InChI=1S/C12H17Br2N/c1-3-4-7-15(2)12-6-5-11(14)8-10(12)9-13/h5-6,8H,3-4,7,9H2,1-2H3. The third-order valence-electron chi connectivity index (χ3n) is 2.44. The van der Waals surface area contributed by atoms with Gasteiger partial charge in [0.25, 0.3) is 0 Å². The van der Waals surface area contributed by atoms with Gasteiger partial charge in [0.2, 0.25) is 0 Å². The van der Waals surface area contributed by atoms with Crippen molar-refractivity contribution in [2.45, 2.75) is 25.1 Å². The van der Waals surface area contributed by atoms with Gasteiger partial charge in [-0.05, 0) is 30.2 Å². The lowest BCUT2D eigenvalue weighted by molar-refractivity contribution is 0.765. The van der Waals surface area contributed by atoms with E-state index in [2.05, 4.69) is 68.9 Å². The molecule has 0 amide bonds. The molecule has 0 saturated heterocycles. The van der Waals surface area contributed by atoms with Crippen LogP contribution < -0.4 is 4.90 Å². The smallest absolute Gasteiger partial charge is 0.0405 e. The van der Waals surface area contributed by atoms with E-state index >= 15 is 0 Å². The van der Waals surface area contributed by atoms with Gasteiger partial charge in [-0.15, -0.1) is 0 Å². The highest BCUT2D eigenvalue weighted by Crippen LogP contribution is 2.25. The summed E-state index contributed by atoms with van der Waals surface area (Å²) < 4.78 is 1.14. The van der Waals surface area contributed by atoms with E-state index in [1.54, 1.807) is 0 Å². The zero-order valence-corrected chi connectivity index (χ0v) is 12.4. The van der Waals surface area contributed by atoms with Crippen molar-refractivity contribution < 1.29 is 0 Å². The minimum atomic E-state index is 0.901. The van der Waals surface area contributed by atoms with E-state index in [9.17, 15) is 0 Å². The molecular weight excluding hydrogens is 318 g/mol. The summed E-state index contributed by atoms with van der Waals surface area (Å²) >= 11 is 7.03. The number of hydrogen-bond donors (Lipinski definition) is 0. The maximum atomic E-state index is 3.53. The fraction of sp³-hybridized carbons (Fsp3) is 0.500. The summed E-state index contributed by atoms with van der Waals surface area (Å²) in [7, 11) is 2.16. The van der Waals surface area contributed by atoms with Gasteiger partial charge in [-0.1, -0.05) is 45.2 Å². The molecule has 0 bridgehead atoms. The lowest BCUT2D eigenvalue weighted by Gasteiger charge is -2.21. The molecule has 0 radical (unpaired) electrons. The first-order valence-electron chi connectivity index (χ1n) is 5.24. The zero-order chi connectivity index (χ0) is 11.3. The number of nitrogens with zero attached hydrogens (tertiary/aromatic N) is 1. The predicted molar refractivity (Wildman–Crippen MR) is 75.0 cm³/mol. The number of halogens is 2. The average Bonchev–Trinajstić information content (AvgIpc) is 2.25. The Kier molecular flexibility index (Phi) is 5.69. The van der Waals surface area contributed by atoms with Gasteiger partial charge >= 0.3 is 0 Å². The van der Waals surface area contributed by atoms with E-state index in [-0.39, 0.29) is 0 Å². The van der Waals surface area contributed by atoms with Crippen molar-refractivity contribution in [1.29, 1.82) is 0 Å². The summed E-state index contributed by atoms with van der Waals surface area (Å²) in [5.41, 5.74) is 2.66. The van der Waals surface area contributed by atoms with Gasteiger partial charge in [0.05, 0.1) is 0 Å². The Balaban J connectivity index is 2.82. The minimum absolute atomic E-state index is 0.901. The summed E-state index contributed by atoms with van der Waals surface area (Å²) in [5, 5.41) is 0.901. The number of rotatable bonds is 5. The molecule has 0 fully saturated rings. The van der Waals surface area contributed by atoms with Gasteiger partial charge in [0.15, 0.2) is 0 Å². The number of benzene rings is 1. The van der Waals surface area contributed by atoms with Crippen molar-refractivity contribution in [2.75, 3.05) is 18.5 Å². The number of anilines is 1. The molecule has 0 heterocycles. The van der Waals surface area contributed by atoms with Crippen LogP contribution in [0.4, 0.5) is 5.69 Å². The molecule has 1 nitrogen and oxygen atoms in total. The van der Waals surface area contributed by atoms with Gasteiger partial charge in [-0.2, -0.15) is 0 Å². The molecular formula is C12H17Br2N. The normalized spacial score (nSPS) is 10.4. The molecule has 0 atom stereocenters. The third-order valence-corrected chi connectivity index (χ3v) is 3.54. The number of unbranched alkanes of at least 4 members (excludes halogenated alkanes) is 1. The van der Waals surface area contributed by atoms with Crippen LogP contribution in [-0.4, -0.2) is 13.6 Å². The van der Waals surface area contributed by atoms with Gasteiger partial charge in [0, 0.05) is 29.1 Å². The minimum Gasteiger partial charge on any atom is -0.374 e. The molecule has 84 valence electrons. The molecule has 0 saturated carbocycles. The maximum Gasteiger partial charge on any atom is 0.0405 e. The molecule has 15 heavy (non-hydrogen) atoms. The Bertz CT molecular complexity index is 312. The quantitative estimate of drug-likeness (QED) is 0.712. The van der Waals surface area contributed by atoms with Crippen LogP contribution in [0.1, 0.15) is 25.3 Å². The second-order valence-corrected chi connectivity index (χ2v) is 5.16. The summed E-state index contributed by atoms with van der Waals surface area (Å²) in [6.07, 6.45) is 2.48. The summed E-state index contributed by atoms with van der Waals surface area (Å²) in [6, 6.07) is 6.45. The van der Waals surface area contributed by atoms with Crippen LogP contribution in [0.15, 0.2) is 22.7 Å². The Hall–Kier alpha value is -0.0200. The average molecular weight is 335 g/mol. The van der Waals surface area contributed by atoms with Crippen molar-refractivity contribution in [1.82, 2.24) is 0 Å². The van der Waals surface area contributed by atoms with E-state index in [0.717, 1.165) is 16.3 Å². The highest BCUT2D eigenvalue weighted by atomic mass is 79.9. The zero-order valence-electron chi connectivity index (χ0n) is 9.26. The van der Waals surface area contributed by atoms with Crippen molar-refractivity contribution in [2.24, 2.45) is 0 Å². The summed E-state index contributed by atoms with van der Waals surface area (Å²) in [4.78, 5) is 2.33. The van der Waals surface area contributed by atoms with Crippen LogP contribution in [0.2, 0.25) is 0 Å². The Morgan fingerprint density at radius 2 is 2.07 bits per heavy atom. The van der Waals surface area contributed by atoms with Gasteiger partial charge < -0.3 is 4.90 Å². The molecule has 0 aliphatic rings. The molecule has 0 N–H and O–H groups in total. The maximum absolute atomic E-state index is 3.53. The van der Waals surface area contributed by atoms with Crippen LogP contribution in [0, 0.1) is 0 Å². The SMILES string of the molecule is CCCCN(C)c1ccc(Br)cc1CBr. The topological polar surface area (TPSA) is 3.24 Å². The fourth-order valence-electron chi connectivity index (χ4n) is 1.55. The van der Waals surface area contributed by atoms with E-state index in [1.165, 1.54) is 24.1 Å². The van der Waals surface area contributed by atoms with E-state index < -0.39 is 0 Å². The molecule has 0 aromatic heterocycles. The van der Waals surface area contributed by atoms with E-state index in [1.807, 2.05) is 0 Å². The van der Waals surface area contributed by atoms with Crippen LogP contribution in [0.25, 0.3) is 0 Å². The highest BCUT2D eigenvalue weighted by Gasteiger charge is 2.06. The Labute approximate surface area is 109 Å². The lowest BCUT2D eigenvalue weighted by atomic mass is 10.2. The fourth-order valence-corrected chi connectivity index (χ4v) is 2.41. The lowest BCUT2D eigenvalue weighted by Crippen LogP contribution is -2.19. The third kappa shape index (κ3) is 3.80. The largest absolute Gasteiger partial charge is 0.374 e. The molecule has 1 aromatic rings. The van der Waals surface area contributed by atoms with Gasteiger partial charge in [-0.25, -0.2) is 0 Å². The number of hydrogen-bond acceptors (Lipinski definition) is 1. The predicted octanol–water partition coefficient (Wildman–Crippen LogP) is 4.58. The molecule has 0 aliphatic carbocycles. The van der Waals surface area contributed by atoms with E-state index in [0.29, 0.717) is 0 Å². The van der Waals surface area contributed by atoms with Crippen molar-refractivity contribution in [3.05, 3.63) is 28.2 Å². The monoisotopic (exact) mass is 333 g/mol. The van der Waals surface area contributed by atoms with Crippen molar-refractivity contribution >= 4 is 37.5 Å². The van der Waals surface area contributed by atoms with Crippen LogP contribution in [-0.2, 0) is 5.33 Å². The Morgan fingerprint density at radius 3 is 2.67 bits per heavy atom. The Morgan fingerprint density at radius 1 is 1.33 bits per heavy atom. The first-order valence-corrected chi connectivity index (χ1v) is 7.16. The van der Waals surface area contributed by atoms with Crippen molar-refractivity contribution in [3.63, 3.8) is 0 Å². The second-order valence-electron chi connectivity index (χ2n) is 3.68. The summed E-state index contributed by atoms with van der Waals surface area (Å²) in [5.74, 6) is 0.